The number of hydrogen-bond acceptors (Lipinski definition) is 10. The van der Waals surface area contributed by atoms with Crippen LogP contribution in [0.15, 0.2) is 52.3 Å². The highest BCUT2D eigenvalue weighted by Crippen LogP contribution is 2.38. The molecule has 2 aliphatic heterocycles. The minimum absolute atomic E-state index is 0.167. The third-order valence-electron chi connectivity index (χ3n) is 7.12. The lowest BCUT2D eigenvalue weighted by Crippen LogP contribution is -2.47. The molecule has 11 nitrogen and oxygen atoms in total. The van der Waals surface area contributed by atoms with E-state index in [2.05, 4.69) is 18.8 Å². The van der Waals surface area contributed by atoms with Gasteiger partial charge in [-0.05, 0) is 63.5 Å². The number of aromatic nitrogens is 2. The number of benzene rings is 2. The van der Waals surface area contributed by atoms with Crippen molar-refractivity contribution in [3.63, 3.8) is 0 Å². The molecule has 0 aliphatic carbocycles. The van der Waals surface area contributed by atoms with Gasteiger partial charge in [-0.15, -0.1) is 0 Å². The molecule has 3 aromatic rings. The van der Waals surface area contributed by atoms with E-state index in [4.69, 9.17) is 9.47 Å². The minimum Gasteiger partial charge on any atom is -0.494 e. The Bertz CT molecular complexity index is 1490. The Labute approximate surface area is 227 Å². The smallest absolute Gasteiger partial charge is 0.245 e. The van der Waals surface area contributed by atoms with Gasteiger partial charge in [-0.2, -0.15) is 13.1 Å². The van der Waals surface area contributed by atoms with E-state index in [0.29, 0.717) is 55.9 Å². The van der Waals surface area contributed by atoms with Gasteiger partial charge in [0.1, 0.15) is 21.7 Å². The summed E-state index contributed by atoms with van der Waals surface area (Å²) >= 11 is 1.01. The van der Waals surface area contributed by atoms with Gasteiger partial charge >= 0.3 is 0 Å². The lowest BCUT2D eigenvalue weighted by molar-refractivity contribution is -0.0311. The average Bonchev–Trinajstić information content (AvgIpc) is 3.56. The molecule has 1 spiro atoms. The zero-order valence-electron chi connectivity index (χ0n) is 21.0. The number of nitrogens with one attached hydrogen (secondary N) is 2. The Morgan fingerprint density at radius 3 is 2.71 bits per heavy atom. The highest BCUT2D eigenvalue weighted by atomic mass is 32.2. The fourth-order valence-corrected chi connectivity index (χ4v) is 7.96. The van der Waals surface area contributed by atoms with Crippen molar-refractivity contribution in [2.75, 3.05) is 39.9 Å². The molecule has 0 bridgehead atoms. The lowest BCUT2D eigenvalue weighted by Gasteiger charge is -2.38. The summed E-state index contributed by atoms with van der Waals surface area (Å²) in [5.41, 5.74) is 0.713. The number of nitrogens with zero attached hydrogens (tertiary/aromatic N) is 3. The molecule has 0 radical (unpaired) electrons. The summed E-state index contributed by atoms with van der Waals surface area (Å²) in [7, 11) is -5.80. The van der Waals surface area contributed by atoms with Gasteiger partial charge in [0.15, 0.2) is 0 Å². The van der Waals surface area contributed by atoms with Crippen LogP contribution in [-0.2, 0) is 24.8 Å². The molecule has 2 saturated heterocycles. The number of hydrogen-bond donors (Lipinski definition) is 2. The highest BCUT2D eigenvalue weighted by molar-refractivity contribution is 7.89. The molecule has 1 atom stereocenters. The molecular formula is C24H31N5O6S3. The minimum atomic E-state index is -3.66. The molecule has 3 heterocycles. The maximum atomic E-state index is 13.3. The first-order chi connectivity index (χ1) is 18.2. The second-order valence-corrected chi connectivity index (χ2v) is 13.8. The molecule has 0 amide bonds. The Morgan fingerprint density at radius 2 is 1.92 bits per heavy atom. The Kier molecular flexibility index (Phi) is 8.01. The number of fused-ring (bicyclic) bond motifs is 1. The van der Waals surface area contributed by atoms with Gasteiger partial charge < -0.3 is 14.8 Å². The third-order valence-corrected chi connectivity index (χ3v) is 11.0. The molecule has 206 valence electrons. The van der Waals surface area contributed by atoms with E-state index in [1.165, 1.54) is 23.5 Å². The number of piperidine rings is 1. The van der Waals surface area contributed by atoms with Crippen LogP contribution in [0.2, 0.25) is 0 Å². The maximum Gasteiger partial charge on any atom is 0.245 e. The van der Waals surface area contributed by atoms with Crippen LogP contribution in [0.25, 0.3) is 11.0 Å². The van der Waals surface area contributed by atoms with Crippen LogP contribution in [0.1, 0.15) is 25.7 Å². The Hall–Kier alpha value is -2.20. The van der Waals surface area contributed by atoms with Gasteiger partial charge in [-0.25, -0.2) is 21.6 Å². The molecule has 0 saturated carbocycles. The van der Waals surface area contributed by atoms with Gasteiger partial charge in [0, 0.05) is 25.2 Å². The predicted molar refractivity (Wildman–Crippen MR) is 143 cm³/mol. The first-order valence-corrected chi connectivity index (χ1v) is 16.1. The molecule has 1 aromatic heterocycles. The SMILES string of the molecule is CNS(=O)(=O)c1cccc(OCCCN[C@H]2COC3(CCN(S(=O)(=O)c4cccc5nsnc45)CC3)C2)c1. The number of sulfonamides is 2. The molecule has 0 unspecified atom stereocenters. The topological polar surface area (TPSA) is 140 Å². The second kappa shape index (κ2) is 11.1. The van der Waals surface area contributed by atoms with Crippen LogP contribution in [0.3, 0.4) is 0 Å². The first-order valence-electron chi connectivity index (χ1n) is 12.5. The fraction of sp³-hybridized carbons (Fsp3) is 0.500. The van der Waals surface area contributed by atoms with E-state index < -0.39 is 20.0 Å². The van der Waals surface area contributed by atoms with Gasteiger partial charge in [-0.1, -0.05) is 12.1 Å². The van der Waals surface area contributed by atoms with Crippen molar-refractivity contribution in [1.82, 2.24) is 23.1 Å². The molecule has 5 rings (SSSR count). The molecule has 2 aliphatic rings. The molecule has 14 heteroatoms. The van der Waals surface area contributed by atoms with Gasteiger partial charge in [-0.3, -0.25) is 0 Å². The largest absolute Gasteiger partial charge is 0.494 e. The van der Waals surface area contributed by atoms with E-state index in [-0.39, 0.29) is 21.4 Å². The van der Waals surface area contributed by atoms with Crippen molar-refractivity contribution in [3.05, 3.63) is 42.5 Å². The van der Waals surface area contributed by atoms with Gasteiger partial charge in [0.2, 0.25) is 20.0 Å². The van der Waals surface area contributed by atoms with Crippen molar-refractivity contribution < 1.29 is 26.3 Å². The standard InChI is InChI=1S/C24H31N5O6S3/c1-25-37(30,31)20-6-2-5-19(15-20)34-14-4-11-26-18-16-24(35-17-18)9-12-29(13-10-24)38(32,33)22-8-3-7-21-23(22)28-36-27-21/h2-3,5-8,15,18,25-26H,4,9-14,16-17H2,1H3/t18-/m1/s1. The third kappa shape index (κ3) is 5.71. The fourth-order valence-electron chi connectivity index (χ4n) is 5.00. The maximum absolute atomic E-state index is 13.3. The zero-order valence-corrected chi connectivity index (χ0v) is 23.4. The van der Waals surface area contributed by atoms with Crippen molar-refractivity contribution in [2.24, 2.45) is 0 Å². The summed E-state index contributed by atoms with van der Waals surface area (Å²) in [4.78, 5) is 0.379. The monoisotopic (exact) mass is 581 g/mol. The molecular weight excluding hydrogens is 550 g/mol. The Balaban J connectivity index is 1.07. The normalized spacial score (nSPS) is 20.3. The van der Waals surface area contributed by atoms with E-state index in [0.717, 1.165) is 31.1 Å². The first kappa shape index (κ1) is 27.4. The second-order valence-electron chi connectivity index (χ2n) is 9.53. The predicted octanol–water partition coefficient (Wildman–Crippen LogP) is 1.97. The summed E-state index contributed by atoms with van der Waals surface area (Å²) in [6.07, 6.45) is 2.86. The van der Waals surface area contributed by atoms with E-state index in [1.54, 1.807) is 30.3 Å². The quantitative estimate of drug-likeness (QED) is 0.344. The van der Waals surface area contributed by atoms with Crippen LogP contribution in [0, 0.1) is 0 Å². The van der Waals surface area contributed by atoms with Gasteiger partial charge in [0.05, 0.1) is 35.4 Å². The summed E-state index contributed by atoms with van der Waals surface area (Å²) in [5.74, 6) is 0.508. The molecule has 2 N–H and O–H groups in total. The van der Waals surface area contributed by atoms with E-state index >= 15 is 0 Å². The van der Waals surface area contributed by atoms with Crippen LogP contribution in [0.4, 0.5) is 0 Å². The van der Waals surface area contributed by atoms with Crippen LogP contribution >= 0.6 is 11.7 Å². The van der Waals surface area contributed by atoms with Crippen LogP contribution in [-0.4, -0.2) is 81.4 Å². The van der Waals surface area contributed by atoms with Crippen LogP contribution in [0.5, 0.6) is 5.75 Å². The lowest BCUT2D eigenvalue weighted by atomic mass is 9.88. The number of rotatable bonds is 10. The highest BCUT2D eigenvalue weighted by Gasteiger charge is 2.44. The van der Waals surface area contributed by atoms with E-state index in [9.17, 15) is 16.8 Å². The molecule has 38 heavy (non-hydrogen) atoms. The van der Waals surface area contributed by atoms with Crippen molar-refractivity contribution in [1.29, 1.82) is 0 Å². The van der Waals surface area contributed by atoms with E-state index in [1.807, 2.05) is 0 Å². The van der Waals surface area contributed by atoms with Crippen molar-refractivity contribution in [3.8, 4) is 5.75 Å². The molecule has 2 fully saturated rings. The summed E-state index contributed by atoms with van der Waals surface area (Å²) in [6.45, 7) is 2.56. The summed E-state index contributed by atoms with van der Waals surface area (Å²) in [6, 6.07) is 11.7. The van der Waals surface area contributed by atoms with Crippen molar-refractivity contribution in [2.45, 2.75) is 47.1 Å². The summed E-state index contributed by atoms with van der Waals surface area (Å²) < 4.78 is 74.6. The van der Waals surface area contributed by atoms with Crippen LogP contribution < -0.4 is 14.8 Å². The average molecular weight is 582 g/mol. The Morgan fingerprint density at radius 1 is 1.13 bits per heavy atom. The van der Waals surface area contributed by atoms with Crippen molar-refractivity contribution >= 4 is 42.8 Å². The zero-order chi connectivity index (χ0) is 26.8. The van der Waals surface area contributed by atoms with Gasteiger partial charge in [0.25, 0.3) is 0 Å². The number of ether oxygens (including phenoxy) is 2. The summed E-state index contributed by atoms with van der Waals surface area (Å²) in [5, 5.41) is 3.51. The molecule has 2 aromatic carbocycles.